The lowest BCUT2D eigenvalue weighted by atomic mass is 10.0. The summed E-state index contributed by atoms with van der Waals surface area (Å²) in [5, 5.41) is 4.86. The van der Waals surface area contributed by atoms with Crippen molar-refractivity contribution < 1.29 is 14.4 Å². The van der Waals surface area contributed by atoms with E-state index in [0.717, 1.165) is 4.90 Å². The Balaban J connectivity index is 3.15. The third kappa shape index (κ3) is 3.09. The summed E-state index contributed by atoms with van der Waals surface area (Å²) in [6.45, 7) is 1.75. The Morgan fingerprint density at radius 3 is 2.26 bits per heavy atom. The van der Waals surface area contributed by atoms with Crippen LogP contribution in [0.25, 0.3) is 0 Å². The molecule has 1 rings (SSSR count). The van der Waals surface area contributed by atoms with Crippen molar-refractivity contribution in [2.45, 2.75) is 6.92 Å². The second-order valence-corrected chi connectivity index (χ2v) is 4.03. The molecule has 0 radical (unpaired) electrons. The number of hydrogen-bond donors (Lipinski definition) is 2. The molecule has 1 aromatic carbocycles. The Hall–Kier alpha value is -2.37. The molecule has 1 aromatic rings. The lowest BCUT2D eigenvalue weighted by Crippen LogP contribution is -2.39. The summed E-state index contributed by atoms with van der Waals surface area (Å²) in [6, 6.07) is 4.28. The maximum Gasteiger partial charge on any atom is 0.323 e. The summed E-state index contributed by atoms with van der Waals surface area (Å²) in [7, 11) is 4.34. The number of amides is 4. The molecule has 102 valence electrons. The third-order valence-corrected chi connectivity index (χ3v) is 2.78. The van der Waals surface area contributed by atoms with E-state index in [0.29, 0.717) is 16.7 Å². The largest absolute Gasteiger partial charge is 0.355 e. The van der Waals surface area contributed by atoms with Crippen LogP contribution in [-0.4, -0.2) is 43.9 Å². The van der Waals surface area contributed by atoms with Gasteiger partial charge < -0.3 is 10.6 Å². The first-order chi connectivity index (χ1) is 8.92. The summed E-state index contributed by atoms with van der Waals surface area (Å²) in [5.74, 6) is -0.737. The molecule has 0 unspecified atom stereocenters. The first kappa shape index (κ1) is 14.7. The fourth-order valence-electron chi connectivity index (χ4n) is 1.58. The Bertz CT molecular complexity index is 526. The molecule has 0 saturated carbocycles. The van der Waals surface area contributed by atoms with Crippen molar-refractivity contribution in [2.75, 3.05) is 21.1 Å². The van der Waals surface area contributed by atoms with Crippen LogP contribution in [0.4, 0.5) is 4.79 Å². The second-order valence-electron chi connectivity index (χ2n) is 4.03. The molecule has 0 bridgehead atoms. The van der Waals surface area contributed by atoms with Gasteiger partial charge in [0, 0.05) is 32.3 Å². The number of benzene rings is 1. The van der Waals surface area contributed by atoms with Crippen LogP contribution in [0.1, 0.15) is 26.3 Å². The first-order valence-corrected chi connectivity index (χ1v) is 5.74. The quantitative estimate of drug-likeness (QED) is 0.827. The van der Waals surface area contributed by atoms with Crippen LogP contribution in [0.15, 0.2) is 18.2 Å². The zero-order valence-electron chi connectivity index (χ0n) is 11.4. The number of imide groups is 1. The summed E-state index contributed by atoms with van der Waals surface area (Å²) >= 11 is 0. The fourth-order valence-corrected chi connectivity index (χ4v) is 1.58. The number of aryl methyl sites for hydroxylation is 1. The van der Waals surface area contributed by atoms with Gasteiger partial charge in [-0.3, -0.25) is 14.5 Å². The van der Waals surface area contributed by atoms with Gasteiger partial charge in [0.1, 0.15) is 0 Å². The van der Waals surface area contributed by atoms with Gasteiger partial charge in [-0.1, -0.05) is 6.07 Å². The maximum atomic E-state index is 12.2. The molecule has 0 aliphatic carbocycles. The molecule has 2 N–H and O–H groups in total. The molecule has 0 heterocycles. The van der Waals surface area contributed by atoms with Crippen molar-refractivity contribution in [2.24, 2.45) is 0 Å². The Labute approximate surface area is 111 Å². The molecular formula is C13H17N3O3. The highest BCUT2D eigenvalue weighted by Gasteiger charge is 2.20. The first-order valence-electron chi connectivity index (χ1n) is 5.74. The van der Waals surface area contributed by atoms with E-state index in [2.05, 4.69) is 10.6 Å². The minimum atomic E-state index is -0.505. The number of nitrogens with one attached hydrogen (secondary N) is 2. The van der Waals surface area contributed by atoms with Gasteiger partial charge in [-0.2, -0.15) is 0 Å². The van der Waals surface area contributed by atoms with Crippen LogP contribution >= 0.6 is 0 Å². The highest BCUT2D eigenvalue weighted by atomic mass is 16.2. The van der Waals surface area contributed by atoms with E-state index in [4.69, 9.17) is 0 Å². The summed E-state index contributed by atoms with van der Waals surface area (Å²) in [6.07, 6.45) is 0. The van der Waals surface area contributed by atoms with Crippen LogP contribution in [0.5, 0.6) is 0 Å². The molecule has 19 heavy (non-hydrogen) atoms. The zero-order chi connectivity index (χ0) is 14.6. The Morgan fingerprint density at radius 2 is 1.74 bits per heavy atom. The average Bonchev–Trinajstić information content (AvgIpc) is 2.44. The second kappa shape index (κ2) is 5.99. The minimum absolute atomic E-state index is 0.281. The van der Waals surface area contributed by atoms with Crippen LogP contribution in [0.2, 0.25) is 0 Å². The molecule has 0 spiro atoms. The number of carbonyl (C=O) groups is 3. The minimum Gasteiger partial charge on any atom is -0.355 e. The van der Waals surface area contributed by atoms with E-state index < -0.39 is 11.9 Å². The van der Waals surface area contributed by atoms with Crippen molar-refractivity contribution in [1.82, 2.24) is 15.5 Å². The molecular weight excluding hydrogens is 246 g/mol. The van der Waals surface area contributed by atoms with Gasteiger partial charge in [0.2, 0.25) is 0 Å². The van der Waals surface area contributed by atoms with Gasteiger partial charge >= 0.3 is 6.03 Å². The fraction of sp³-hybridized carbons (Fsp3) is 0.308. The number of carbonyl (C=O) groups excluding carboxylic acids is 3. The van der Waals surface area contributed by atoms with E-state index in [9.17, 15) is 14.4 Å². The van der Waals surface area contributed by atoms with Gasteiger partial charge in [0.05, 0.1) is 0 Å². The average molecular weight is 263 g/mol. The summed E-state index contributed by atoms with van der Waals surface area (Å²) < 4.78 is 0. The molecule has 6 heteroatoms. The number of rotatable bonds is 2. The normalized spacial score (nSPS) is 9.68. The lowest BCUT2D eigenvalue weighted by molar-refractivity contribution is 0.0832. The van der Waals surface area contributed by atoms with E-state index in [1.807, 2.05) is 0 Å². The van der Waals surface area contributed by atoms with Gasteiger partial charge in [0.15, 0.2) is 0 Å². The molecule has 0 aliphatic rings. The van der Waals surface area contributed by atoms with Gasteiger partial charge in [-0.25, -0.2) is 4.79 Å². The molecule has 0 aromatic heterocycles. The highest BCUT2D eigenvalue weighted by molar-refractivity contribution is 6.06. The van der Waals surface area contributed by atoms with Crippen LogP contribution in [0.3, 0.4) is 0 Å². The van der Waals surface area contributed by atoms with E-state index >= 15 is 0 Å². The molecule has 6 nitrogen and oxygen atoms in total. The molecule has 0 fully saturated rings. The predicted molar refractivity (Wildman–Crippen MR) is 71.1 cm³/mol. The van der Waals surface area contributed by atoms with Crippen LogP contribution in [0, 0.1) is 6.92 Å². The van der Waals surface area contributed by atoms with Gasteiger partial charge in [0.25, 0.3) is 11.8 Å². The van der Waals surface area contributed by atoms with Crippen molar-refractivity contribution in [3.63, 3.8) is 0 Å². The van der Waals surface area contributed by atoms with E-state index in [1.54, 1.807) is 19.1 Å². The number of nitrogens with zero attached hydrogens (tertiary/aromatic N) is 1. The van der Waals surface area contributed by atoms with E-state index in [-0.39, 0.29) is 5.91 Å². The monoisotopic (exact) mass is 263 g/mol. The maximum absolute atomic E-state index is 12.2. The van der Waals surface area contributed by atoms with Crippen LogP contribution in [-0.2, 0) is 0 Å². The van der Waals surface area contributed by atoms with Crippen molar-refractivity contribution in [1.29, 1.82) is 0 Å². The molecule has 0 aliphatic heterocycles. The van der Waals surface area contributed by atoms with Crippen molar-refractivity contribution in [3.05, 3.63) is 34.9 Å². The number of urea groups is 1. The van der Waals surface area contributed by atoms with Gasteiger partial charge in [-0.15, -0.1) is 0 Å². The Kier molecular flexibility index (Phi) is 4.63. The van der Waals surface area contributed by atoms with Gasteiger partial charge in [-0.05, 0) is 24.6 Å². The number of hydrogen-bond acceptors (Lipinski definition) is 3. The van der Waals surface area contributed by atoms with Crippen LogP contribution < -0.4 is 10.6 Å². The standard InChI is InChI=1S/C13H17N3O3/c1-8-5-6-9(11(17)14-2)7-10(8)12(18)16(4)13(19)15-3/h5-7H,1-4H3,(H,14,17)(H,15,19). The molecule has 4 amide bonds. The SMILES string of the molecule is CNC(=O)c1ccc(C)c(C(=O)N(C)C(=O)NC)c1. The van der Waals surface area contributed by atoms with E-state index in [1.165, 1.54) is 27.2 Å². The topological polar surface area (TPSA) is 78.5 Å². The summed E-state index contributed by atoms with van der Waals surface area (Å²) in [4.78, 5) is 36.1. The Morgan fingerprint density at radius 1 is 1.11 bits per heavy atom. The lowest BCUT2D eigenvalue weighted by Gasteiger charge is -2.16. The van der Waals surface area contributed by atoms with Crippen molar-refractivity contribution in [3.8, 4) is 0 Å². The predicted octanol–water partition coefficient (Wildman–Crippen LogP) is 0.766. The van der Waals surface area contributed by atoms with Crippen molar-refractivity contribution >= 4 is 17.8 Å². The molecule has 0 saturated heterocycles. The summed E-state index contributed by atoms with van der Waals surface area (Å²) in [5.41, 5.74) is 1.40. The smallest absolute Gasteiger partial charge is 0.323 e. The molecule has 0 atom stereocenters. The zero-order valence-corrected chi connectivity index (χ0v) is 11.4. The third-order valence-electron chi connectivity index (χ3n) is 2.78. The highest BCUT2D eigenvalue weighted by Crippen LogP contribution is 2.13.